The minimum atomic E-state index is 1.23. The van der Waals surface area contributed by atoms with E-state index in [-0.39, 0.29) is 0 Å². The quantitative estimate of drug-likeness (QED) is 0.150. The van der Waals surface area contributed by atoms with Gasteiger partial charge in [-0.15, -0.1) is 0 Å². The highest BCUT2D eigenvalue weighted by Gasteiger charge is 2.19. The van der Waals surface area contributed by atoms with Crippen molar-refractivity contribution in [3.63, 3.8) is 0 Å². The van der Waals surface area contributed by atoms with Crippen molar-refractivity contribution in [2.24, 2.45) is 0 Å². The van der Waals surface area contributed by atoms with Crippen LogP contribution < -0.4 is 0 Å². The fourth-order valence-corrected chi connectivity index (χ4v) is 7.30. The van der Waals surface area contributed by atoms with Crippen molar-refractivity contribution >= 4 is 53.9 Å². The van der Waals surface area contributed by atoms with Gasteiger partial charge in [-0.25, -0.2) is 0 Å². The average molecular weight is 557 g/mol. The van der Waals surface area contributed by atoms with Crippen LogP contribution in [0.15, 0.2) is 170 Å². The predicted octanol–water partition coefficient (Wildman–Crippen LogP) is 12.5. The van der Waals surface area contributed by atoms with Gasteiger partial charge in [0.15, 0.2) is 0 Å². The van der Waals surface area contributed by atoms with Crippen LogP contribution in [0, 0.1) is 0 Å². The van der Waals surface area contributed by atoms with Crippen LogP contribution in [0.4, 0.5) is 0 Å². The molecular weight excluding hydrogens is 528 g/mol. The van der Waals surface area contributed by atoms with Gasteiger partial charge in [0.25, 0.3) is 0 Å². The molecule has 0 saturated carbocycles. The van der Waals surface area contributed by atoms with E-state index < -0.39 is 0 Å². The molecule has 0 N–H and O–H groups in total. The predicted molar refractivity (Wildman–Crippen MR) is 190 cm³/mol. The van der Waals surface area contributed by atoms with Crippen molar-refractivity contribution in [3.8, 4) is 33.4 Å². The van der Waals surface area contributed by atoms with E-state index in [1.807, 2.05) is 0 Å². The first-order valence-electron chi connectivity index (χ1n) is 15.3. The molecule has 0 radical (unpaired) electrons. The van der Waals surface area contributed by atoms with E-state index in [0.29, 0.717) is 0 Å². The summed E-state index contributed by atoms with van der Waals surface area (Å²) in [5.41, 5.74) is 7.58. The number of fused-ring (bicyclic) bond motifs is 6. The molecule has 0 nitrogen and oxygen atoms in total. The zero-order chi connectivity index (χ0) is 29.0. The van der Waals surface area contributed by atoms with Crippen molar-refractivity contribution in [3.05, 3.63) is 170 Å². The summed E-state index contributed by atoms with van der Waals surface area (Å²) >= 11 is 0. The molecule has 9 aromatic carbocycles. The van der Waals surface area contributed by atoms with Gasteiger partial charge in [-0.1, -0.05) is 164 Å². The largest absolute Gasteiger partial charge is 0.0622 e. The molecule has 0 atom stereocenters. The maximum Gasteiger partial charge on any atom is -0.00199 e. The molecule has 0 aliphatic heterocycles. The molecule has 204 valence electrons. The molecule has 0 bridgehead atoms. The summed E-state index contributed by atoms with van der Waals surface area (Å²) in [7, 11) is 0. The Balaban J connectivity index is 1.47. The van der Waals surface area contributed by atoms with Crippen LogP contribution in [0.2, 0.25) is 0 Å². The first-order chi connectivity index (χ1) is 21.8. The Bertz CT molecular complexity index is 2530. The van der Waals surface area contributed by atoms with Crippen LogP contribution in [0.3, 0.4) is 0 Å². The molecule has 0 aliphatic carbocycles. The molecule has 9 aromatic rings. The number of benzene rings is 9. The average Bonchev–Trinajstić information content (AvgIpc) is 3.10. The highest BCUT2D eigenvalue weighted by Crippen LogP contribution is 2.47. The third-order valence-electron chi connectivity index (χ3n) is 9.23. The maximum atomic E-state index is 2.43. The normalized spacial score (nSPS) is 11.6. The number of hydrogen-bond donors (Lipinski definition) is 0. The van der Waals surface area contributed by atoms with Crippen LogP contribution in [-0.4, -0.2) is 0 Å². The lowest BCUT2D eigenvalue weighted by Gasteiger charge is -2.20. The van der Waals surface area contributed by atoms with Gasteiger partial charge in [0.05, 0.1) is 0 Å². The van der Waals surface area contributed by atoms with E-state index in [4.69, 9.17) is 0 Å². The van der Waals surface area contributed by atoms with Crippen molar-refractivity contribution < 1.29 is 0 Å². The summed E-state index contributed by atoms with van der Waals surface area (Å²) in [5.74, 6) is 0. The van der Waals surface area contributed by atoms with Crippen LogP contribution in [0.25, 0.3) is 87.2 Å². The van der Waals surface area contributed by atoms with Gasteiger partial charge in [-0.3, -0.25) is 0 Å². The van der Waals surface area contributed by atoms with Gasteiger partial charge in [-0.2, -0.15) is 0 Å². The second kappa shape index (κ2) is 9.93. The van der Waals surface area contributed by atoms with Crippen molar-refractivity contribution in [1.82, 2.24) is 0 Å². The summed E-state index contributed by atoms with van der Waals surface area (Å²) in [4.78, 5) is 0. The monoisotopic (exact) mass is 556 g/mol. The Morgan fingerprint density at radius 2 is 0.795 bits per heavy atom. The second-order valence-corrected chi connectivity index (χ2v) is 11.6. The van der Waals surface area contributed by atoms with Gasteiger partial charge >= 0.3 is 0 Å². The van der Waals surface area contributed by atoms with E-state index in [2.05, 4.69) is 170 Å². The standard InChI is InChI=1S/C44H28/c1-2-14-31(15-3-1)43-37-20-8-9-21-38(37)44(40-23-11-17-32-25-24-30-13-5-7-19-36(30)42(32)40)39-27-26-33(28-41(39)43)35-22-10-16-29-12-4-6-18-34(29)35/h1-28H. The molecule has 0 unspecified atom stereocenters. The highest BCUT2D eigenvalue weighted by molar-refractivity contribution is 6.26. The molecule has 9 rings (SSSR count). The minimum absolute atomic E-state index is 1.23. The molecule has 0 saturated heterocycles. The zero-order valence-corrected chi connectivity index (χ0v) is 24.2. The lowest BCUT2D eigenvalue weighted by atomic mass is 9.83. The summed E-state index contributed by atoms with van der Waals surface area (Å²) in [5, 5.41) is 12.7. The Hall–Kier alpha value is -5.72. The summed E-state index contributed by atoms with van der Waals surface area (Å²) in [6.07, 6.45) is 0. The number of hydrogen-bond acceptors (Lipinski definition) is 0. The Labute approximate surface area is 256 Å². The Morgan fingerprint density at radius 1 is 0.250 bits per heavy atom. The molecule has 0 heterocycles. The SMILES string of the molecule is c1ccc(-c2c3ccccc3c(-c3cccc4ccc5ccccc5c34)c3ccc(-c4cccc5ccccc45)cc23)cc1. The first-order valence-corrected chi connectivity index (χ1v) is 15.3. The molecular formula is C44H28. The first kappa shape index (κ1) is 24.8. The van der Waals surface area contributed by atoms with Gasteiger partial charge < -0.3 is 0 Å². The fourth-order valence-electron chi connectivity index (χ4n) is 7.30. The van der Waals surface area contributed by atoms with Crippen LogP contribution in [0.5, 0.6) is 0 Å². The van der Waals surface area contributed by atoms with Crippen LogP contribution >= 0.6 is 0 Å². The Kier molecular flexibility index (Phi) is 5.61. The molecule has 0 heteroatoms. The second-order valence-electron chi connectivity index (χ2n) is 11.6. The number of rotatable bonds is 3. The minimum Gasteiger partial charge on any atom is -0.0622 e. The van der Waals surface area contributed by atoms with Gasteiger partial charge in [-0.05, 0) is 93.3 Å². The summed E-state index contributed by atoms with van der Waals surface area (Å²) in [6.45, 7) is 0. The molecule has 44 heavy (non-hydrogen) atoms. The summed E-state index contributed by atoms with van der Waals surface area (Å²) in [6, 6.07) is 62.3. The van der Waals surface area contributed by atoms with E-state index in [0.717, 1.165) is 0 Å². The highest BCUT2D eigenvalue weighted by atomic mass is 14.2. The smallest absolute Gasteiger partial charge is 0.00199 e. The Morgan fingerprint density at radius 3 is 1.59 bits per heavy atom. The van der Waals surface area contributed by atoms with Crippen LogP contribution in [0.1, 0.15) is 0 Å². The third kappa shape index (κ3) is 3.78. The summed E-state index contributed by atoms with van der Waals surface area (Å²) < 4.78 is 0. The van der Waals surface area contributed by atoms with Gasteiger partial charge in [0, 0.05) is 0 Å². The molecule has 0 amide bonds. The van der Waals surface area contributed by atoms with E-state index >= 15 is 0 Å². The van der Waals surface area contributed by atoms with Crippen molar-refractivity contribution in [2.45, 2.75) is 0 Å². The molecule has 0 spiro atoms. The fraction of sp³-hybridized carbons (Fsp3) is 0. The lowest BCUT2D eigenvalue weighted by molar-refractivity contribution is 1.65. The topological polar surface area (TPSA) is 0 Å². The van der Waals surface area contributed by atoms with E-state index in [9.17, 15) is 0 Å². The van der Waals surface area contributed by atoms with E-state index in [1.165, 1.54) is 87.2 Å². The third-order valence-corrected chi connectivity index (χ3v) is 9.23. The van der Waals surface area contributed by atoms with Gasteiger partial charge in [0.1, 0.15) is 0 Å². The van der Waals surface area contributed by atoms with Crippen molar-refractivity contribution in [2.75, 3.05) is 0 Å². The molecule has 0 aromatic heterocycles. The van der Waals surface area contributed by atoms with Gasteiger partial charge in [0.2, 0.25) is 0 Å². The lowest BCUT2D eigenvalue weighted by Crippen LogP contribution is -1.93. The maximum absolute atomic E-state index is 2.43. The van der Waals surface area contributed by atoms with E-state index in [1.54, 1.807) is 0 Å². The zero-order valence-electron chi connectivity index (χ0n) is 24.2. The molecule has 0 aliphatic rings. The molecule has 0 fully saturated rings. The van der Waals surface area contributed by atoms with Crippen LogP contribution in [-0.2, 0) is 0 Å². The van der Waals surface area contributed by atoms with Crippen molar-refractivity contribution in [1.29, 1.82) is 0 Å².